The van der Waals surface area contributed by atoms with E-state index in [0.29, 0.717) is 0 Å². The van der Waals surface area contributed by atoms with Gasteiger partial charge < -0.3 is 0 Å². The minimum atomic E-state index is 0. The van der Waals surface area contributed by atoms with Crippen molar-refractivity contribution in [3.63, 3.8) is 0 Å². The van der Waals surface area contributed by atoms with Gasteiger partial charge in [0.05, 0.1) is 0 Å². The fraction of sp³-hybridized carbons (Fsp3) is 1.00. The van der Waals surface area contributed by atoms with Crippen LogP contribution in [0.1, 0.15) is 40.0 Å². The fourth-order valence-corrected chi connectivity index (χ4v) is 1.66. The van der Waals surface area contributed by atoms with Gasteiger partial charge in [-0.1, -0.05) is 59.0 Å². The van der Waals surface area contributed by atoms with E-state index in [4.69, 9.17) is 0 Å². The first-order chi connectivity index (χ1) is 4.85. The van der Waals surface area contributed by atoms with Gasteiger partial charge in [-0.05, 0) is 0 Å². The van der Waals surface area contributed by atoms with Gasteiger partial charge in [-0.15, -0.1) is 0 Å². The van der Waals surface area contributed by atoms with Crippen LogP contribution in [0.3, 0.4) is 0 Å². The Morgan fingerprint density at radius 2 is 1.00 bits per heavy atom. The quantitative estimate of drug-likeness (QED) is 0.507. The van der Waals surface area contributed by atoms with Crippen molar-refractivity contribution in [1.29, 1.82) is 0 Å². The van der Waals surface area contributed by atoms with Crippen molar-refractivity contribution in [1.82, 2.24) is 0 Å². The van der Waals surface area contributed by atoms with Crippen molar-refractivity contribution in [2.45, 2.75) is 59.0 Å². The molecule has 0 amide bonds. The van der Waals surface area contributed by atoms with Gasteiger partial charge in [0.25, 0.3) is 0 Å². The van der Waals surface area contributed by atoms with Gasteiger partial charge in [-0.2, -0.15) is 0 Å². The Bertz CT molecular complexity index is 52.3. The zero-order valence-electron chi connectivity index (χ0n) is 7.82. The van der Waals surface area contributed by atoms with Gasteiger partial charge in [0, 0.05) is 0 Å². The van der Waals surface area contributed by atoms with Gasteiger partial charge >= 0.3 is 18.9 Å². The topological polar surface area (TPSA) is 0 Å². The molecule has 0 nitrogen and oxygen atoms in total. The molecule has 0 aliphatic rings. The summed E-state index contributed by atoms with van der Waals surface area (Å²) in [6.45, 7) is 7.90. The van der Waals surface area contributed by atoms with Crippen LogP contribution in [0.25, 0.3) is 0 Å². The van der Waals surface area contributed by atoms with Crippen LogP contribution in [-0.2, 0) is 0 Å². The van der Waals surface area contributed by atoms with Crippen LogP contribution in [0.5, 0.6) is 0 Å². The van der Waals surface area contributed by atoms with Crippen molar-refractivity contribution in [3.05, 3.63) is 0 Å². The van der Waals surface area contributed by atoms with E-state index in [2.05, 4.69) is 20.8 Å². The van der Waals surface area contributed by atoms with Crippen molar-refractivity contribution < 1.29 is 0 Å². The molecule has 0 heterocycles. The van der Waals surface area contributed by atoms with Gasteiger partial charge in [0.1, 0.15) is 6.71 Å². The van der Waals surface area contributed by atoms with Crippen molar-refractivity contribution >= 4 is 25.6 Å². The third-order valence-corrected chi connectivity index (χ3v) is 2.09. The van der Waals surface area contributed by atoms with Crippen LogP contribution < -0.4 is 0 Å². The second kappa shape index (κ2) is 10.7. The standard InChI is InChI=1S/C9H21B.Li.H/c1-4-7-10(8-5-2)9-6-3;;/h4-9H2,1-3H3;;. The molecule has 0 aromatic rings. The predicted molar refractivity (Wildman–Crippen MR) is 58.2 cm³/mol. The molecule has 0 N–H and O–H groups in total. The number of hydrogen-bond donors (Lipinski definition) is 0. The third kappa shape index (κ3) is 8.57. The van der Waals surface area contributed by atoms with E-state index >= 15 is 0 Å². The van der Waals surface area contributed by atoms with Crippen molar-refractivity contribution in [3.8, 4) is 0 Å². The second-order valence-electron chi connectivity index (χ2n) is 3.23. The maximum atomic E-state index is 2.29. The predicted octanol–water partition coefficient (Wildman–Crippen LogP) is 3.06. The molecule has 0 saturated carbocycles. The molecule has 0 aromatic heterocycles. The fourth-order valence-electron chi connectivity index (χ4n) is 1.66. The Hall–Kier alpha value is 0.662. The van der Waals surface area contributed by atoms with E-state index in [9.17, 15) is 0 Å². The molecule has 11 heavy (non-hydrogen) atoms. The molecule has 0 bridgehead atoms. The monoisotopic (exact) mass is 148 g/mol. The summed E-state index contributed by atoms with van der Waals surface area (Å²) in [4.78, 5) is 0. The summed E-state index contributed by atoms with van der Waals surface area (Å²) in [5, 5.41) is 0. The maximum absolute atomic E-state index is 2.29. The van der Waals surface area contributed by atoms with Crippen LogP contribution >= 0.6 is 0 Å². The van der Waals surface area contributed by atoms with E-state index in [1.165, 1.54) is 38.2 Å². The Balaban J connectivity index is 0. The average Bonchev–Trinajstić information content (AvgIpc) is 1.90. The summed E-state index contributed by atoms with van der Waals surface area (Å²) in [6, 6.07) is 0. The molecule has 0 aliphatic heterocycles. The Labute approximate surface area is 84.8 Å². The Morgan fingerprint density at radius 1 is 0.727 bits per heavy atom. The van der Waals surface area contributed by atoms with E-state index in [0.717, 1.165) is 6.71 Å². The molecule has 2 heteroatoms. The molecule has 0 fully saturated rings. The molecule has 0 saturated heterocycles. The zero-order valence-corrected chi connectivity index (χ0v) is 7.82. The van der Waals surface area contributed by atoms with Crippen LogP contribution in [0.4, 0.5) is 0 Å². The molecular weight excluding hydrogens is 126 g/mol. The zero-order chi connectivity index (χ0) is 7.82. The molecule has 0 aliphatic carbocycles. The number of rotatable bonds is 6. The summed E-state index contributed by atoms with van der Waals surface area (Å²) in [5.41, 5.74) is 0. The molecule has 0 aromatic carbocycles. The second-order valence-corrected chi connectivity index (χ2v) is 3.23. The van der Waals surface area contributed by atoms with Crippen LogP contribution in [0, 0.1) is 0 Å². The summed E-state index contributed by atoms with van der Waals surface area (Å²) in [7, 11) is 0. The van der Waals surface area contributed by atoms with Crippen LogP contribution in [-0.4, -0.2) is 25.6 Å². The normalized spacial score (nSPS) is 9.00. The molecule has 0 spiro atoms. The summed E-state index contributed by atoms with van der Waals surface area (Å²) in [6.07, 6.45) is 8.44. The first-order valence-corrected chi connectivity index (χ1v) is 4.85. The molecule has 0 rings (SSSR count). The van der Waals surface area contributed by atoms with E-state index < -0.39 is 0 Å². The molecular formula is C9H22BLi. The SMILES string of the molecule is CCCB(CCC)CCC.[LiH]. The van der Waals surface area contributed by atoms with Crippen LogP contribution in [0.15, 0.2) is 0 Å². The van der Waals surface area contributed by atoms with E-state index in [1.54, 1.807) is 0 Å². The van der Waals surface area contributed by atoms with E-state index in [-0.39, 0.29) is 18.9 Å². The molecule has 0 atom stereocenters. The van der Waals surface area contributed by atoms with Gasteiger partial charge in [0.15, 0.2) is 0 Å². The van der Waals surface area contributed by atoms with Crippen molar-refractivity contribution in [2.24, 2.45) is 0 Å². The first-order valence-electron chi connectivity index (χ1n) is 4.85. The Kier molecular flexibility index (Phi) is 13.8. The number of hydrogen-bond acceptors (Lipinski definition) is 0. The summed E-state index contributed by atoms with van der Waals surface area (Å²) < 4.78 is 0. The summed E-state index contributed by atoms with van der Waals surface area (Å²) >= 11 is 0. The van der Waals surface area contributed by atoms with Crippen molar-refractivity contribution in [2.75, 3.05) is 0 Å². The van der Waals surface area contributed by atoms with E-state index in [1.807, 2.05) is 0 Å². The van der Waals surface area contributed by atoms with Gasteiger partial charge in [-0.3, -0.25) is 0 Å². The molecule has 0 unspecified atom stereocenters. The third-order valence-electron chi connectivity index (χ3n) is 2.09. The first kappa shape index (κ1) is 14.2. The molecule has 62 valence electrons. The minimum absolute atomic E-state index is 0. The van der Waals surface area contributed by atoms with Crippen LogP contribution in [0.2, 0.25) is 19.0 Å². The molecule has 0 radical (unpaired) electrons. The Morgan fingerprint density at radius 3 is 1.18 bits per heavy atom. The average molecular weight is 148 g/mol. The summed E-state index contributed by atoms with van der Waals surface area (Å²) in [5.74, 6) is 0. The van der Waals surface area contributed by atoms with Gasteiger partial charge in [-0.25, -0.2) is 0 Å². The van der Waals surface area contributed by atoms with Gasteiger partial charge in [0.2, 0.25) is 0 Å².